The van der Waals surface area contributed by atoms with Crippen LogP contribution in [-0.4, -0.2) is 12.1 Å². The molecule has 0 aliphatic heterocycles. The Morgan fingerprint density at radius 3 is 2.80 bits per heavy atom. The largest absolute Gasteiger partial charge is 0.469 e. The maximum Gasteiger partial charge on any atom is 0.319 e. The molecular weight excluding hydrogens is 312 g/mol. The fourth-order valence-corrected chi connectivity index (χ4v) is 3.82. The zero-order chi connectivity index (χ0) is 17.1. The molecule has 1 aliphatic carbocycles. The molecule has 1 aromatic heterocycles. The van der Waals surface area contributed by atoms with Crippen molar-refractivity contribution in [3.63, 3.8) is 0 Å². The highest BCUT2D eigenvalue weighted by Crippen LogP contribution is 2.29. The van der Waals surface area contributed by atoms with Crippen LogP contribution in [0.4, 0.5) is 10.5 Å². The van der Waals surface area contributed by atoms with E-state index in [9.17, 15) is 4.79 Å². The van der Waals surface area contributed by atoms with E-state index in [0.717, 1.165) is 47.9 Å². The van der Waals surface area contributed by atoms with Gasteiger partial charge in [-0.2, -0.15) is 0 Å². The first-order valence-corrected chi connectivity index (χ1v) is 8.87. The molecule has 2 N–H and O–H groups in total. The third-order valence-electron chi connectivity index (χ3n) is 5.06. The van der Waals surface area contributed by atoms with E-state index < -0.39 is 0 Å². The fraction of sp³-hybridized carbons (Fsp3) is 0.286. The summed E-state index contributed by atoms with van der Waals surface area (Å²) in [5.74, 6) is 1.43. The van der Waals surface area contributed by atoms with Crippen molar-refractivity contribution < 1.29 is 9.21 Å². The Labute approximate surface area is 147 Å². The molecule has 2 amide bonds. The van der Waals surface area contributed by atoms with Gasteiger partial charge in [-0.25, -0.2) is 4.79 Å². The number of urea groups is 1. The summed E-state index contributed by atoms with van der Waals surface area (Å²) in [6.45, 7) is 0. The summed E-state index contributed by atoms with van der Waals surface area (Å²) in [5, 5.41) is 8.36. The number of carbonyl (C=O) groups is 1. The Balaban J connectivity index is 1.42. The Bertz CT molecular complexity index is 852. The van der Waals surface area contributed by atoms with Crippen LogP contribution in [0.5, 0.6) is 0 Å². The number of furan rings is 1. The van der Waals surface area contributed by atoms with Crippen molar-refractivity contribution in [2.45, 2.75) is 31.7 Å². The molecule has 0 spiro atoms. The molecule has 2 atom stereocenters. The monoisotopic (exact) mass is 334 g/mol. The molecule has 128 valence electrons. The van der Waals surface area contributed by atoms with Gasteiger partial charge in [0.25, 0.3) is 0 Å². The molecule has 1 fully saturated rings. The van der Waals surface area contributed by atoms with E-state index >= 15 is 0 Å². The Kier molecular flexibility index (Phi) is 4.42. The summed E-state index contributed by atoms with van der Waals surface area (Å²) in [6.07, 6.45) is 5.88. The van der Waals surface area contributed by atoms with E-state index in [0.29, 0.717) is 5.92 Å². The van der Waals surface area contributed by atoms with Gasteiger partial charge in [0, 0.05) is 17.8 Å². The molecule has 4 rings (SSSR count). The number of fused-ring (bicyclic) bond motifs is 1. The predicted molar refractivity (Wildman–Crippen MR) is 99.6 cm³/mol. The highest BCUT2D eigenvalue weighted by Gasteiger charge is 2.29. The second kappa shape index (κ2) is 7.01. The molecule has 3 aromatic rings. The maximum absolute atomic E-state index is 12.5. The van der Waals surface area contributed by atoms with Crippen molar-refractivity contribution in [2.24, 2.45) is 5.92 Å². The summed E-state index contributed by atoms with van der Waals surface area (Å²) < 4.78 is 5.46. The molecule has 2 unspecified atom stereocenters. The minimum atomic E-state index is -0.132. The number of carbonyl (C=O) groups excluding carboxylic acids is 1. The van der Waals surface area contributed by atoms with Crippen molar-refractivity contribution in [3.8, 4) is 0 Å². The standard InChI is InChI=1S/C21H22N2O2/c24-21(23-20-12-3-7-15-6-1-2-10-18(15)20)22-19-11-4-8-16(19)14-17-9-5-13-25-17/h1-3,5-7,9-10,12-13,16,19H,4,8,11,14H2,(H2,22,23,24). The molecule has 1 heterocycles. The van der Waals surface area contributed by atoms with Crippen molar-refractivity contribution >= 4 is 22.5 Å². The summed E-state index contributed by atoms with van der Waals surface area (Å²) >= 11 is 0. The second-order valence-corrected chi connectivity index (χ2v) is 6.71. The van der Waals surface area contributed by atoms with E-state index in [1.165, 1.54) is 0 Å². The lowest BCUT2D eigenvalue weighted by Gasteiger charge is -2.21. The van der Waals surface area contributed by atoms with Crippen LogP contribution in [0.1, 0.15) is 25.0 Å². The van der Waals surface area contributed by atoms with Gasteiger partial charge < -0.3 is 15.1 Å². The molecule has 2 aromatic carbocycles. The first-order chi connectivity index (χ1) is 12.3. The Hall–Kier alpha value is -2.75. The highest BCUT2D eigenvalue weighted by atomic mass is 16.3. The fourth-order valence-electron chi connectivity index (χ4n) is 3.82. The Morgan fingerprint density at radius 2 is 1.92 bits per heavy atom. The van der Waals surface area contributed by atoms with Crippen molar-refractivity contribution in [1.29, 1.82) is 0 Å². The van der Waals surface area contributed by atoms with Gasteiger partial charge in [-0.3, -0.25) is 0 Å². The van der Waals surface area contributed by atoms with Gasteiger partial charge in [0.05, 0.1) is 12.0 Å². The van der Waals surface area contributed by atoms with E-state index in [2.05, 4.69) is 22.8 Å². The van der Waals surface area contributed by atoms with E-state index in [1.54, 1.807) is 6.26 Å². The number of amides is 2. The molecule has 1 saturated carbocycles. The minimum Gasteiger partial charge on any atom is -0.469 e. The van der Waals surface area contributed by atoms with Gasteiger partial charge in [-0.1, -0.05) is 42.8 Å². The summed E-state index contributed by atoms with van der Waals surface area (Å²) in [7, 11) is 0. The predicted octanol–water partition coefficient (Wildman–Crippen LogP) is 4.97. The first-order valence-electron chi connectivity index (χ1n) is 8.87. The van der Waals surface area contributed by atoms with Crippen LogP contribution in [0, 0.1) is 5.92 Å². The molecular formula is C21H22N2O2. The van der Waals surface area contributed by atoms with Crippen molar-refractivity contribution in [3.05, 3.63) is 66.6 Å². The molecule has 0 bridgehead atoms. The number of rotatable bonds is 4. The summed E-state index contributed by atoms with van der Waals surface area (Å²) in [4.78, 5) is 12.5. The molecule has 25 heavy (non-hydrogen) atoms. The zero-order valence-corrected chi connectivity index (χ0v) is 14.1. The third-order valence-corrected chi connectivity index (χ3v) is 5.06. The van der Waals surface area contributed by atoms with Gasteiger partial charge in [0.1, 0.15) is 5.76 Å². The summed E-state index contributed by atoms with van der Waals surface area (Å²) in [6, 6.07) is 18.0. The van der Waals surface area contributed by atoms with Crippen LogP contribution in [0.2, 0.25) is 0 Å². The lowest BCUT2D eigenvalue weighted by molar-refractivity contribution is 0.244. The normalized spacial score (nSPS) is 19.8. The SMILES string of the molecule is O=C(Nc1cccc2ccccc12)NC1CCCC1Cc1ccco1. The molecule has 1 aliphatic rings. The van der Waals surface area contributed by atoms with Crippen LogP contribution in [0.15, 0.2) is 65.3 Å². The first kappa shape index (κ1) is 15.8. The molecule has 4 nitrogen and oxygen atoms in total. The lowest BCUT2D eigenvalue weighted by Crippen LogP contribution is -2.40. The summed E-state index contributed by atoms with van der Waals surface area (Å²) in [5.41, 5.74) is 0.844. The average molecular weight is 334 g/mol. The molecule has 0 radical (unpaired) electrons. The average Bonchev–Trinajstić information content (AvgIpc) is 3.28. The number of hydrogen-bond donors (Lipinski definition) is 2. The highest BCUT2D eigenvalue weighted by molar-refractivity contribution is 6.01. The number of nitrogens with one attached hydrogen (secondary N) is 2. The smallest absolute Gasteiger partial charge is 0.319 e. The van der Waals surface area contributed by atoms with Gasteiger partial charge in [-0.15, -0.1) is 0 Å². The zero-order valence-electron chi connectivity index (χ0n) is 14.1. The molecule has 4 heteroatoms. The number of hydrogen-bond acceptors (Lipinski definition) is 2. The lowest BCUT2D eigenvalue weighted by atomic mass is 9.98. The van der Waals surface area contributed by atoms with E-state index in [1.807, 2.05) is 42.5 Å². The van der Waals surface area contributed by atoms with Gasteiger partial charge in [0.2, 0.25) is 0 Å². The third kappa shape index (κ3) is 3.53. The van der Waals surface area contributed by atoms with Crippen LogP contribution in [0.25, 0.3) is 10.8 Å². The van der Waals surface area contributed by atoms with Crippen molar-refractivity contribution in [2.75, 3.05) is 5.32 Å². The molecule has 0 saturated heterocycles. The minimum absolute atomic E-state index is 0.132. The van der Waals surface area contributed by atoms with E-state index in [4.69, 9.17) is 4.42 Å². The quantitative estimate of drug-likeness (QED) is 0.708. The topological polar surface area (TPSA) is 54.3 Å². The Morgan fingerprint density at radius 1 is 1.04 bits per heavy atom. The van der Waals surface area contributed by atoms with Crippen LogP contribution in [-0.2, 0) is 6.42 Å². The number of benzene rings is 2. The second-order valence-electron chi connectivity index (χ2n) is 6.71. The van der Waals surface area contributed by atoms with Gasteiger partial charge in [0.15, 0.2) is 0 Å². The van der Waals surface area contributed by atoms with Crippen LogP contribution < -0.4 is 10.6 Å². The van der Waals surface area contributed by atoms with E-state index in [-0.39, 0.29) is 12.1 Å². The maximum atomic E-state index is 12.5. The van der Waals surface area contributed by atoms with Crippen molar-refractivity contribution in [1.82, 2.24) is 5.32 Å². The van der Waals surface area contributed by atoms with Gasteiger partial charge in [-0.05, 0) is 42.3 Å². The van der Waals surface area contributed by atoms with Crippen LogP contribution >= 0.6 is 0 Å². The number of anilines is 1. The van der Waals surface area contributed by atoms with Crippen LogP contribution in [0.3, 0.4) is 0 Å². The van der Waals surface area contributed by atoms with Gasteiger partial charge >= 0.3 is 6.03 Å².